The van der Waals surface area contributed by atoms with Gasteiger partial charge < -0.3 is 15.0 Å². The fourth-order valence-electron chi connectivity index (χ4n) is 4.06. The maximum atomic E-state index is 13.2. The lowest BCUT2D eigenvalue weighted by Crippen LogP contribution is -2.47. The number of nitrogens with one attached hydrogen (secondary N) is 1. The van der Waals surface area contributed by atoms with E-state index in [4.69, 9.17) is 4.74 Å². The molecule has 5 heteroatoms. The number of carbonyl (C=O) groups excluding carboxylic acids is 2. The summed E-state index contributed by atoms with van der Waals surface area (Å²) in [7, 11) is 1.63. The van der Waals surface area contributed by atoms with Crippen LogP contribution in [0.1, 0.15) is 69.4 Å². The van der Waals surface area contributed by atoms with Crippen molar-refractivity contribution in [3.63, 3.8) is 0 Å². The van der Waals surface area contributed by atoms with E-state index in [1.165, 1.54) is 19.3 Å². The number of ether oxygens (including phenoxy) is 1. The number of methoxy groups -OCH3 is 1. The Labute approximate surface area is 156 Å². The maximum Gasteiger partial charge on any atom is 0.247 e. The first-order chi connectivity index (χ1) is 12.7. The van der Waals surface area contributed by atoms with E-state index in [1.807, 2.05) is 24.3 Å². The maximum absolute atomic E-state index is 13.2. The number of carbonyl (C=O) groups is 2. The van der Waals surface area contributed by atoms with Crippen molar-refractivity contribution in [2.45, 2.75) is 69.9 Å². The second-order valence-corrected chi connectivity index (χ2v) is 7.42. The molecule has 3 rings (SSSR count). The van der Waals surface area contributed by atoms with Crippen LogP contribution in [0.15, 0.2) is 24.3 Å². The van der Waals surface area contributed by atoms with E-state index in [-0.39, 0.29) is 17.9 Å². The van der Waals surface area contributed by atoms with E-state index in [1.54, 1.807) is 12.0 Å². The summed E-state index contributed by atoms with van der Waals surface area (Å²) in [5.74, 6) is 0.793. The molecule has 0 aromatic heterocycles. The first-order valence-corrected chi connectivity index (χ1v) is 9.93. The van der Waals surface area contributed by atoms with E-state index in [9.17, 15) is 9.59 Å². The molecule has 1 aliphatic carbocycles. The Morgan fingerprint density at radius 3 is 2.46 bits per heavy atom. The zero-order valence-electron chi connectivity index (χ0n) is 15.7. The van der Waals surface area contributed by atoms with Gasteiger partial charge in [0.1, 0.15) is 11.8 Å². The second-order valence-electron chi connectivity index (χ2n) is 7.42. The van der Waals surface area contributed by atoms with Crippen molar-refractivity contribution in [1.29, 1.82) is 0 Å². The van der Waals surface area contributed by atoms with E-state index in [2.05, 4.69) is 5.32 Å². The minimum Gasteiger partial charge on any atom is -0.497 e. The fourth-order valence-corrected chi connectivity index (χ4v) is 4.06. The average Bonchev–Trinajstić information content (AvgIpc) is 2.88. The normalized spacial score (nSPS) is 20.3. The molecule has 2 amide bonds. The summed E-state index contributed by atoms with van der Waals surface area (Å²) in [5.41, 5.74) is 0.856. The van der Waals surface area contributed by atoms with Crippen molar-refractivity contribution in [1.82, 2.24) is 10.2 Å². The molecule has 1 aromatic carbocycles. The number of likely N-dealkylation sites (tertiary alicyclic amines) is 1. The van der Waals surface area contributed by atoms with Crippen molar-refractivity contribution >= 4 is 11.8 Å². The molecule has 2 fully saturated rings. The largest absolute Gasteiger partial charge is 0.497 e. The second kappa shape index (κ2) is 9.06. The van der Waals surface area contributed by atoms with Gasteiger partial charge in [-0.25, -0.2) is 0 Å². The average molecular weight is 358 g/mol. The summed E-state index contributed by atoms with van der Waals surface area (Å²) in [5, 5.41) is 3.22. The fraction of sp³-hybridized carbons (Fsp3) is 0.619. The first-order valence-electron chi connectivity index (χ1n) is 9.93. The van der Waals surface area contributed by atoms with Crippen LogP contribution >= 0.6 is 0 Å². The van der Waals surface area contributed by atoms with Gasteiger partial charge in [0, 0.05) is 19.0 Å². The van der Waals surface area contributed by atoms with Gasteiger partial charge in [-0.05, 0) is 43.4 Å². The molecule has 2 aliphatic rings. The van der Waals surface area contributed by atoms with Gasteiger partial charge in [-0.15, -0.1) is 0 Å². The third-order valence-electron chi connectivity index (χ3n) is 5.55. The summed E-state index contributed by atoms with van der Waals surface area (Å²) in [4.78, 5) is 27.6. The summed E-state index contributed by atoms with van der Waals surface area (Å²) in [6.07, 6.45) is 9.10. The van der Waals surface area contributed by atoms with Crippen LogP contribution < -0.4 is 10.1 Å². The van der Waals surface area contributed by atoms with Gasteiger partial charge in [-0.2, -0.15) is 0 Å². The summed E-state index contributed by atoms with van der Waals surface area (Å²) in [6, 6.07) is 7.22. The van der Waals surface area contributed by atoms with Crippen LogP contribution in [0.2, 0.25) is 0 Å². The predicted octanol–water partition coefficient (Wildman–Crippen LogP) is 3.59. The lowest BCUT2D eigenvalue weighted by molar-refractivity contribution is -0.140. The van der Waals surface area contributed by atoms with Crippen LogP contribution in [0.5, 0.6) is 5.75 Å². The quantitative estimate of drug-likeness (QED) is 0.875. The van der Waals surface area contributed by atoms with Crippen molar-refractivity contribution in [3.8, 4) is 5.75 Å². The monoisotopic (exact) mass is 358 g/mol. The van der Waals surface area contributed by atoms with E-state index >= 15 is 0 Å². The van der Waals surface area contributed by atoms with Crippen molar-refractivity contribution in [2.24, 2.45) is 0 Å². The van der Waals surface area contributed by atoms with Gasteiger partial charge >= 0.3 is 0 Å². The van der Waals surface area contributed by atoms with Gasteiger partial charge in [0.25, 0.3) is 0 Å². The molecule has 1 saturated carbocycles. The third-order valence-corrected chi connectivity index (χ3v) is 5.55. The topological polar surface area (TPSA) is 58.6 Å². The van der Waals surface area contributed by atoms with Crippen LogP contribution in [0.25, 0.3) is 0 Å². The van der Waals surface area contributed by atoms with Gasteiger partial charge in [0.2, 0.25) is 11.8 Å². The minimum atomic E-state index is -0.548. The Kier molecular flexibility index (Phi) is 6.53. The van der Waals surface area contributed by atoms with Crippen molar-refractivity contribution in [2.75, 3.05) is 13.7 Å². The van der Waals surface area contributed by atoms with Gasteiger partial charge in [0.15, 0.2) is 0 Å². The van der Waals surface area contributed by atoms with Crippen LogP contribution in [0.4, 0.5) is 0 Å². The van der Waals surface area contributed by atoms with Crippen LogP contribution in [-0.4, -0.2) is 36.4 Å². The summed E-state index contributed by atoms with van der Waals surface area (Å²) >= 11 is 0. The van der Waals surface area contributed by atoms with Crippen molar-refractivity contribution in [3.05, 3.63) is 29.8 Å². The molecule has 1 unspecified atom stereocenters. The highest BCUT2D eigenvalue weighted by Gasteiger charge is 2.33. The minimum absolute atomic E-state index is 0.0442. The number of rotatable bonds is 5. The molecular formula is C21H30N2O3. The molecule has 0 radical (unpaired) electrons. The standard InChI is InChI=1S/C21H30N2O3/c1-26-18-13-11-16(12-14-18)20(23-15-7-3-6-10-19(23)24)21(25)22-17-8-4-2-5-9-17/h11-14,17,20H,2-10,15H2,1H3,(H,22,25). The Morgan fingerprint density at radius 2 is 1.77 bits per heavy atom. The molecule has 0 bridgehead atoms. The highest BCUT2D eigenvalue weighted by atomic mass is 16.5. The van der Waals surface area contributed by atoms with Gasteiger partial charge in [0.05, 0.1) is 7.11 Å². The Morgan fingerprint density at radius 1 is 1.08 bits per heavy atom. The molecule has 142 valence electrons. The molecule has 1 aromatic rings. The number of nitrogens with zero attached hydrogens (tertiary/aromatic N) is 1. The Balaban J connectivity index is 1.83. The van der Waals surface area contributed by atoms with E-state index in [0.29, 0.717) is 13.0 Å². The molecule has 1 aliphatic heterocycles. The molecule has 1 N–H and O–H groups in total. The SMILES string of the molecule is COc1ccc(C(C(=O)NC2CCCCC2)N2CCCCCC2=O)cc1. The number of benzene rings is 1. The summed E-state index contributed by atoms with van der Waals surface area (Å²) < 4.78 is 5.24. The van der Waals surface area contributed by atoms with E-state index < -0.39 is 6.04 Å². The molecule has 5 nitrogen and oxygen atoms in total. The number of hydrogen-bond acceptors (Lipinski definition) is 3. The highest BCUT2D eigenvalue weighted by Crippen LogP contribution is 2.28. The number of hydrogen-bond donors (Lipinski definition) is 1. The van der Waals surface area contributed by atoms with Crippen LogP contribution in [0, 0.1) is 0 Å². The van der Waals surface area contributed by atoms with Gasteiger partial charge in [-0.1, -0.05) is 37.8 Å². The zero-order valence-corrected chi connectivity index (χ0v) is 15.7. The predicted molar refractivity (Wildman–Crippen MR) is 101 cm³/mol. The molecule has 1 atom stereocenters. The van der Waals surface area contributed by atoms with E-state index in [0.717, 1.165) is 43.4 Å². The Bertz CT molecular complexity index is 608. The number of amides is 2. The molecule has 26 heavy (non-hydrogen) atoms. The Hall–Kier alpha value is -2.04. The molecule has 1 heterocycles. The lowest BCUT2D eigenvalue weighted by Gasteiger charge is -2.32. The molecule has 1 saturated heterocycles. The lowest BCUT2D eigenvalue weighted by atomic mass is 9.94. The van der Waals surface area contributed by atoms with Gasteiger partial charge in [-0.3, -0.25) is 9.59 Å². The molecule has 0 spiro atoms. The zero-order chi connectivity index (χ0) is 18.4. The van der Waals surface area contributed by atoms with Crippen LogP contribution in [0.3, 0.4) is 0 Å². The third kappa shape index (κ3) is 4.57. The highest BCUT2D eigenvalue weighted by molar-refractivity contribution is 5.89. The molecular weight excluding hydrogens is 328 g/mol. The summed E-state index contributed by atoms with van der Waals surface area (Å²) in [6.45, 7) is 0.646. The smallest absolute Gasteiger partial charge is 0.247 e. The first kappa shape index (κ1) is 18.7. The van der Waals surface area contributed by atoms with Crippen molar-refractivity contribution < 1.29 is 14.3 Å². The van der Waals surface area contributed by atoms with Crippen LogP contribution in [-0.2, 0) is 9.59 Å².